The fourth-order valence-corrected chi connectivity index (χ4v) is 0.213. The van der Waals surface area contributed by atoms with Gasteiger partial charge in [0.15, 0.2) is 0 Å². The average Bonchev–Trinajstić information content (AvgIpc) is 1.52. The first kappa shape index (κ1) is 13.7. The largest absolute Gasteiger partial charge is 0.481 e. The minimum Gasteiger partial charge on any atom is -0.481 e. The molecule has 2 N–H and O–H groups in total. The molecule has 0 aromatic heterocycles. The summed E-state index contributed by atoms with van der Waals surface area (Å²) in [6.07, 6.45) is -0.361. The third-order valence-corrected chi connectivity index (χ3v) is 0.400. The van der Waals surface area contributed by atoms with Crippen LogP contribution in [0.4, 0.5) is 0 Å². The predicted octanol–water partition coefficient (Wildman–Crippen LogP) is 0.827. The van der Waals surface area contributed by atoms with Crippen LogP contribution in [0, 0.1) is 0 Å². The van der Waals surface area contributed by atoms with E-state index in [4.69, 9.17) is 10.2 Å². The molecule has 0 atom stereocenters. The smallest absolute Gasteiger partial charge is 0.310 e. The number of hydrogen-bond acceptors (Lipinski definition) is 3. The Kier molecular flexibility index (Phi) is 6.51. The summed E-state index contributed by atoms with van der Waals surface area (Å²) < 4.78 is 0. The molecule has 0 fully saturated rings. The highest BCUT2D eigenvalue weighted by atomic mass is 16.4. The molecular formula is C8H16O4. The SMILES string of the molecule is CC(=O)CC(=O)O.CC(C)(C)O. The molecule has 0 rings (SSSR count). The molecular weight excluding hydrogens is 160 g/mol. The third-order valence-electron chi connectivity index (χ3n) is 0.400. The highest BCUT2D eigenvalue weighted by Gasteiger charge is 1.98. The molecule has 0 aromatic rings. The van der Waals surface area contributed by atoms with Gasteiger partial charge in [-0.2, -0.15) is 0 Å². The molecule has 0 saturated carbocycles. The number of Topliss-reactive ketones (excluding diaryl/α,β-unsaturated/α-hetero) is 1. The van der Waals surface area contributed by atoms with E-state index in [9.17, 15) is 9.59 Å². The first-order valence-electron chi connectivity index (χ1n) is 3.56. The third kappa shape index (κ3) is 62.1. The van der Waals surface area contributed by atoms with Crippen molar-refractivity contribution in [2.24, 2.45) is 0 Å². The summed E-state index contributed by atoms with van der Waals surface area (Å²) in [7, 11) is 0. The van der Waals surface area contributed by atoms with Gasteiger partial charge < -0.3 is 10.2 Å². The molecule has 0 aliphatic rings. The summed E-state index contributed by atoms with van der Waals surface area (Å²) in [5, 5.41) is 16.4. The van der Waals surface area contributed by atoms with E-state index in [1.54, 1.807) is 20.8 Å². The van der Waals surface area contributed by atoms with Crippen molar-refractivity contribution in [1.29, 1.82) is 0 Å². The van der Waals surface area contributed by atoms with Crippen LogP contribution < -0.4 is 0 Å². The zero-order chi connectivity index (χ0) is 10.4. The summed E-state index contributed by atoms with van der Waals surface area (Å²) in [5.74, 6) is -1.37. The number of rotatable bonds is 2. The molecule has 0 radical (unpaired) electrons. The van der Waals surface area contributed by atoms with E-state index in [0.29, 0.717) is 0 Å². The van der Waals surface area contributed by atoms with Gasteiger partial charge in [-0.15, -0.1) is 0 Å². The first-order chi connectivity index (χ1) is 5.13. The Morgan fingerprint density at radius 1 is 1.25 bits per heavy atom. The van der Waals surface area contributed by atoms with E-state index in [1.807, 2.05) is 0 Å². The Hall–Kier alpha value is -0.900. The summed E-state index contributed by atoms with van der Waals surface area (Å²) in [4.78, 5) is 19.5. The standard InChI is InChI=1S/C4H6O3.C4H10O/c1-3(5)2-4(6)7;1-4(2,3)5/h2H2,1H3,(H,6,7);5H,1-3H3. The van der Waals surface area contributed by atoms with Gasteiger partial charge in [0.2, 0.25) is 0 Å². The lowest BCUT2D eigenvalue weighted by atomic mass is 10.2. The second-order valence-electron chi connectivity index (χ2n) is 3.44. The highest BCUT2D eigenvalue weighted by molar-refractivity contribution is 5.93. The molecule has 4 nitrogen and oxygen atoms in total. The zero-order valence-corrected chi connectivity index (χ0v) is 7.92. The van der Waals surface area contributed by atoms with Crippen molar-refractivity contribution < 1.29 is 19.8 Å². The number of carbonyl (C=O) groups is 2. The molecule has 0 heterocycles. The van der Waals surface area contributed by atoms with Crippen LogP contribution >= 0.6 is 0 Å². The molecule has 0 aromatic carbocycles. The number of carboxylic acid groups (broad SMARTS) is 1. The van der Waals surface area contributed by atoms with Crippen molar-refractivity contribution in [1.82, 2.24) is 0 Å². The quantitative estimate of drug-likeness (QED) is 0.611. The Morgan fingerprint density at radius 2 is 1.50 bits per heavy atom. The second kappa shape index (κ2) is 5.71. The lowest BCUT2D eigenvalue weighted by molar-refractivity contribution is -0.139. The number of aliphatic hydroxyl groups is 1. The number of hydrogen-bond donors (Lipinski definition) is 2. The molecule has 0 aliphatic heterocycles. The van der Waals surface area contributed by atoms with Crippen LogP contribution in [0.3, 0.4) is 0 Å². The van der Waals surface area contributed by atoms with Crippen LogP contribution in [-0.4, -0.2) is 27.6 Å². The minimum absolute atomic E-state index is 0.312. The van der Waals surface area contributed by atoms with Crippen LogP contribution in [0.1, 0.15) is 34.1 Å². The van der Waals surface area contributed by atoms with E-state index >= 15 is 0 Å². The summed E-state index contributed by atoms with van der Waals surface area (Å²) in [6.45, 7) is 6.47. The lowest BCUT2D eigenvalue weighted by Crippen LogP contribution is -2.10. The molecule has 0 aliphatic carbocycles. The van der Waals surface area contributed by atoms with Gasteiger partial charge >= 0.3 is 5.97 Å². The topological polar surface area (TPSA) is 74.6 Å². The lowest BCUT2D eigenvalue weighted by Gasteiger charge is -2.04. The monoisotopic (exact) mass is 176 g/mol. The van der Waals surface area contributed by atoms with E-state index in [2.05, 4.69) is 0 Å². The molecule has 4 heteroatoms. The van der Waals surface area contributed by atoms with Gasteiger partial charge in [-0.1, -0.05) is 0 Å². The predicted molar refractivity (Wildman–Crippen MR) is 44.9 cm³/mol. The van der Waals surface area contributed by atoms with Gasteiger partial charge in [0, 0.05) is 0 Å². The van der Waals surface area contributed by atoms with Gasteiger partial charge in [0.1, 0.15) is 12.2 Å². The number of carbonyl (C=O) groups excluding carboxylic acids is 1. The van der Waals surface area contributed by atoms with Crippen molar-refractivity contribution in [3.8, 4) is 0 Å². The Labute approximate surface area is 72.2 Å². The zero-order valence-electron chi connectivity index (χ0n) is 7.92. The molecule has 0 spiro atoms. The van der Waals surface area contributed by atoms with Crippen LogP contribution in [-0.2, 0) is 9.59 Å². The maximum absolute atomic E-state index is 9.87. The first-order valence-corrected chi connectivity index (χ1v) is 3.56. The molecule has 0 amide bonds. The number of carboxylic acids is 1. The fraction of sp³-hybridized carbons (Fsp3) is 0.750. The number of aliphatic carboxylic acids is 1. The molecule has 0 unspecified atom stereocenters. The Bertz CT molecular complexity index is 137. The Balaban J connectivity index is 0. The van der Waals surface area contributed by atoms with Gasteiger partial charge in [0.05, 0.1) is 5.60 Å². The van der Waals surface area contributed by atoms with E-state index in [-0.39, 0.29) is 12.2 Å². The molecule has 0 bridgehead atoms. The molecule has 0 saturated heterocycles. The van der Waals surface area contributed by atoms with Crippen LogP contribution in [0.25, 0.3) is 0 Å². The highest BCUT2D eigenvalue weighted by Crippen LogP contribution is 1.93. The molecule has 12 heavy (non-hydrogen) atoms. The average molecular weight is 176 g/mol. The van der Waals surface area contributed by atoms with Gasteiger partial charge in [-0.3, -0.25) is 9.59 Å². The maximum Gasteiger partial charge on any atom is 0.310 e. The maximum atomic E-state index is 9.87. The molecule has 72 valence electrons. The van der Waals surface area contributed by atoms with Crippen molar-refractivity contribution in [3.05, 3.63) is 0 Å². The van der Waals surface area contributed by atoms with Crippen LogP contribution in [0.5, 0.6) is 0 Å². The number of ketones is 1. The van der Waals surface area contributed by atoms with E-state index in [1.165, 1.54) is 6.92 Å². The van der Waals surface area contributed by atoms with Gasteiger partial charge in [-0.25, -0.2) is 0 Å². The summed E-state index contributed by atoms with van der Waals surface area (Å²) in [5.41, 5.74) is -0.500. The Morgan fingerprint density at radius 3 is 1.50 bits per heavy atom. The second-order valence-corrected chi connectivity index (χ2v) is 3.44. The fourth-order valence-electron chi connectivity index (χ4n) is 0.213. The van der Waals surface area contributed by atoms with Crippen LogP contribution in [0.15, 0.2) is 0 Å². The van der Waals surface area contributed by atoms with E-state index in [0.717, 1.165) is 0 Å². The van der Waals surface area contributed by atoms with Crippen molar-refractivity contribution in [3.63, 3.8) is 0 Å². The van der Waals surface area contributed by atoms with E-state index < -0.39 is 11.6 Å². The summed E-state index contributed by atoms with van der Waals surface area (Å²) >= 11 is 0. The summed E-state index contributed by atoms with van der Waals surface area (Å²) in [6, 6.07) is 0. The minimum atomic E-state index is -1.06. The van der Waals surface area contributed by atoms with Crippen molar-refractivity contribution in [2.45, 2.75) is 39.7 Å². The van der Waals surface area contributed by atoms with Crippen LogP contribution in [0.2, 0.25) is 0 Å². The van der Waals surface area contributed by atoms with Gasteiger partial charge in [0.25, 0.3) is 0 Å². The van der Waals surface area contributed by atoms with Crippen molar-refractivity contribution in [2.75, 3.05) is 0 Å². The normalized spacial score (nSPS) is 9.75. The van der Waals surface area contributed by atoms with Gasteiger partial charge in [-0.05, 0) is 27.7 Å². The van der Waals surface area contributed by atoms with Crippen molar-refractivity contribution >= 4 is 11.8 Å².